The van der Waals surface area contributed by atoms with E-state index in [0.29, 0.717) is 11.5 Å². The van der Waals surface area contributed by atoms with Crippen LogP contribution in [0.4, 0.5) is 5.69 Å². The first kappa shape index (κ1) is 13.6. The van der Waals surface area contributed by atoms with Crippen LogP contribution in [-0.4, -0.2) is 30.1 Å². The number of carbonyl (C=O) groups excluding carboxylic acids is 1. The predicted octanol–water partition coefficient (Wildman–Crippen LogP) is 2.86. The van der Waals surface area contributed by atoms with Gasteiger partial charge in [-0.25, -0.2) is 0 Å². The van der Waals surface area contributed by atoms with Gasteiger partial charge in [0.15, 0.2) is 5.78 Å². The van der Waals surface area contributed by atoms with E-state index in [4.69, 9.17) is 0 Å². The summed E-state index contributed by atoms with van der Waals surface area (Å²) in [7, 11) is 0. The molecule has 2 atom stereocenters. The second-order valence-corrected chi connectivity index (χ2v) is 5.78. The molecule has 0 saturated carbocycles. The predicted molar refractivity (Wildman–Crippen MR) is 76.1 cm³/mol. The van der Waals surface area contributed by atoms with E-state index < -0.39 is 0 Å². The molecule has 1 heterocycles. The lowest BCUT2D eigenvalue weighted by Crippen LogP contribution is -2.35. The third kappa shape index (κ3) is 2.45. The minimum absolute atomic E-state index is 0.0573. The van der Waals surface area contributed by atoms with E-state index in [1.807, 2.05) is 18.2 Å². The second kappa shape index (κ2) is 5.41. The normalized spacial score (nSPS) is 23.4. The Bertz CT molecular complexity index is 461. The molecule has 1 aromatic rings. The molecular formula is C14H18BrNO2. The highest BCUT2D eigenvalue weighted by molar-refractivity contribution is 9.10. The van der Waals surface area contributed by atoms with Gasteiger partial charge >= 0.3 is 0 Å². The first-order chi connectivity index (χ1) is 8.54. The third-order valence-corrected chi connectivity index (χ3v) is 4.39. The smallest absolute Gasteiger partial charge is 0.160 e. The number of benzene rings is 1. The Morgan fingerprint density at radius 2 is 2.28 bits per heavy atom. The van der Waals surface area contributed by atoms with Crippen molar-refractivity contribution in [3.63, 3.8) is 0 Å². The molecule has 0 amide bonds. The summed E-state index contributed by atoms with van der Waals surface area (Å²) < 4.78 is 0.823. The van der Waals surface area contributed by atoms with Crippen molar-refractivity contribution in [3.8, 4) is 0 Å². The number of carbonyl (C=O) groups is 1. The van der Waals surface area contributed by atoms with Crippen LogP contribution >= 0.6 is 15.9 Å². The molecule has 0 radical (unpaired) electrons. The molecule has 1 aliphatic rings. The fourth-order valence-corrected chi connectivity index (χ4v) is 3.22. The molecule has 98 valence electrons. The number of anilines is 1. The number of Topliss-reactive ketones (excluding diaryl/α,β-unsaturated/α-hetero) is 1. The molecule has 1 saturated heterocycles. The molecule has 1 aliphatic heterocycles. The van der Waals surface area contributed by atoms with Gasteiger partial charge in [0.05, 0.1) is 12.6 Å². The van der Waals surface area contributed by atoms with Crippen molar-refractivity contribution in [3.05, 3.63) is 28.2 Å². The maximum absolute atomic E-state index is 11.4. The molecule has 18 heavy (non-hydrogen) atoms. The van der Waals surface area contributed by atoms with E-state index in [0.717, 1.165) is 23.1 Å². The number of hydrogen-bond donors (Lipinski definition) is 1. The number of hydrogen-bond acceptors (Lipinski definition) is 3. The van der Waals surface area contributed by atoms with Gasteiger partial charge in [-0.3, -0.25) is 4.79 Å². The molecule has 3 nitrogen and oxygen atoms in total. The lowest BCUT2D eigenvalue weighted by atomic mass is 10.0. The summed E-state index contributed by atoms with van der Waals surface area (Å²) in [6, 6.07) is 5.96. The Balaban J connectivity index is 2.29. The summed E-state index contributed by atoms with van der Waals surface area (Å²) in [6.07, 6.45) is 1.09. The van der Waals surface area contributed by atoms with Gasteiger partial charge in [-0.2, -0.15) is 0 Å². The molecule has 0 spiro atoms. The highest BCUT2D eigenvalue weighted by Gasteiger charge is 2.30. The monoisotopic (exact) mass is 311 g/mol. The minimum atomic E-state index is 0.0573. The Kier molecular flexibility index (Phi) is 4.07. The first-order valence-electron chi connectivity index (χ1n) is 6.22. The Morgan fingerprint density at radius 1 is 1.56 bits per heavy atom. The lowest BCUT2D eigenvalue weighted by molar-refractivity contribution is 0.101. The minimum Gasteiger partial charge on any atom is -0.394 e. The van der Waals surface area contributed by atoms with Crippen LogP contribution in [0, 0.1) is 5.92 Å². The number of aliphatic hydroxyl groups is 1. The molecule has 2 rings (SSSR count). The molecular weight excluding hydrogens is 294 g/mol. The van der Waals surface area contributed by atoms with E-state index in [2.05, 4.69) is 27.8 Å². The van der Waals surface area contributed by atoms with Crippen molar-refractivity contribution in [1.82, 2.24) is 0 Å². The molecule has 1 aromatic carbocycles. The zero-order valence-electron chi connectivity index (χ0n) is 10.7. The maximum atomic E-state index is 11.4. The standard InChI is InChI=1S/C14H18BrNO2/c1-9-5-6-16(14(9)8-17)11-3-4-12(10(2)18)13(15)7-11/h3-4,7,9,14,17H,5-6,8H2,1-2H3. The second-order valence-electron chi connectivity index (χ2n) is 4.93. The number of ketones is 1. The molecule has 0 aliphatic carbocycles. The summed E-state index contributed by atoms with van der Waals surface area (Å²) in [6.45, 7) is 4.86. The quantitative estimate of drug-likeness (QED) is 0.873. The number of halogens is 1. The van der Waals surface area contributed by atoms with Crippen molar-refractivity contribution < 1.29 is 9.90 Å². The largest absolute Gasteiger partial charge is 0.394 e. The molecule has 1 N–H and O–H groups in total. The van der Waals surface area contributed by atoms with Gasteiger partial charge in [-0.05, 0) is 53.4 Å². The van der Waals surface area contributed by atoms with Crippen LogP contribution < -0.4 is 4.90 Å². The molecule has 2 unspecified atom stereocenters. The number of rotatable bonds is 3. The van der Waals surface area contributed by atoms with Crippen molar-refractivity contribution in [2.24, 2.45) is 5.92 Å². The van der Waals surface area contributed by atoms with Gasteiger partial charge in [-0.1, -0.05) is 6.92 Å². The summed E-state index contributed by atoms with van der Waals surface area (Å²) >= 11 is 3.44. The van der Waals surface area contributed by atoms with Gasteiger partial charge in [0, 0.05) is 22.3 Å². The van der Waals surface area contributed by atoms with Gasteiger partial charge in [0.25, 0.3) is 0 Å². The summed E-state index contributed by atoms with van der Waals surface area (Å²) in [5.41, 5.74) is 1.77. The third-order valence-electron chi connectivity index (χ3n) is 3.73. The zero-order valence-corrected chi connectivity index (χ0v) is 12.3. The van der Waals surface area contributed by atoms with Crippen LogP contribution in [-0.2, 0) is 0 Å². The van der Waals surface area contributed by atoms with Crippen LogP contribution in [0.2, 0.25) is 0 Å². The van der Waals surface area contributed by atoms with Crippen LogP contribution in [0.1, 0.15) is 30.6 Å². The Hall–Kier alpha value is -0.870. The fraction of sp³-hybridized carbons (Fsp3) is 0.500. The molecule has 1 fully saturated rings. The van der Waals surface area contributed by atoms with E-state index in [1.165, 1.54) is 0 Å². The van der Waals surface area contributed by atoms with Crippen molar-refractivity contribution in [1.29, 1.82) is 0 Å². The molecule has 4 heteroatoms. The zero-order chi connectivity index (χ0) is 13.3. The van der Waals surface area contributed by atoms with Crippen molar-refractivity contribution in [2.45, 2.75) is 26.3 Å². The Labute approximate surface area is 116 Å². The lowest BCUT2D eigenvalue weighted by Gasteiger charge is -2.27. The van der Waals surface area contributed by atoms with Crippen molar-refractivity contribution >= 4 is 27.4 Å². The fourth-order valence-electron chi connectivity index (χ4n) is 2.58. The number of aliphatic hydroxyl groups excluding tert-OH is 1. The van der Waals surface area contributed by atoms with Crippen LogP contribution in [0.15, 0.2) is 22.7 Å². The average Bonchev–Trinajstić information content (AvgIpc) is 2.69. The highest BCUT2D eigenvalue weighted by atomic mass is 79.9. The van der Waals surface area contributed by atoms with Crippen LogP contribution in [0.25, 0.3) is 0 Å². The SMILES string of the molecule is CC(=O)c1ccc(N2CCC(C)C2CO)cc1Br. The van der Waals surface area contributed by atoms with Gasteiger partial charge in [0.1, 0.15) is 0 Å². The average molecular weight is 312 g/mol. The van der Waals surface area contributed by atoms with E-state index in [9.17, 15) is 9.90 Å². The summed E-state index contributed by atoms with van der Waals surface area (Å²) in [5, 5.41) is 9.47. The van der Waals surface area contributed by atoms with E-state index >= 15 is 0 Å². The number of nitrogens with zero attached hydrogens (tertiary/aromatic N) is 1. The first-order valence-corrected chi connectivity index (χ1v) is 7.02. The highest BCUT2D eigenvalue weighted by Crippen LogP contribution is 2.32. The molecule has 0 aromatic heterocycles. The van der Waals surface area contributed by atoms with Crippen molar-refractivity contribution in [2.75, 3.05) is 18.1 Å². The summed E-state index contributed by atoms with van der Waals surface area (Å²) in [4.78, 5) is 13.6. The van der Waals surface area contributed by atoms with Gasteiger partial charge < -0.3 is 10.0 Å². The van der Waals surface area contributed by atoms with Crippen LogP contribution in [0.3, 0.4) is 0 Å². The maximum Gasteiger partial charge on any atom is 0.160 e. The molecule has 0 bridgehead atoms. The summed E-state index contributed by atoms with van der Waals surface area (Å²) in [5.74, 6) is 0.559. The van der Waals surface area contributed by atoms with E-state index in [-0.39, 0.29) is 18.4 Å². The van der Waals surface area contributed by atoms with Crippen LogP contribution in [0.5, 0.6) is 0 Å². The topological polar surface area (TPSA) is 40.5 Å². The van der Waals surface area contributed by atoms with E-state index in [1.54, 1.807) is 6.92 Å². The van der Waals surface area contributed by atoms with Gasteiger partial charge in [-0.15, -0.1) is 0 Å². The Morgan fingerprint density at radius 3 is 2.83 bits per heavy atom. The van der Waals surface area contributed by atoms with Gasteiger partial charge in [0.2, 0.25) is 0 Å².